The van der Waals surface area contributed by atoms with Crippen molar-refractivity contribution in [1.82, 2.24) is 25.3 Å². The second kappa shape index (κ2) is 10.0. The van der Waals surface area contributed by atoms with E-state index in [4.69, 9.17) is 0 Å². The lowest BCUT2D eigenvalue weighted by molar-refractivity contribution is -0.141. The topological polar surface area (TPSA) is 105 Å². The monoisotopic (exact) mass is 445 g/mol. The molecule has 0 unspecified atom stereocenters. The second-order valence-electron chi connectivity index (χ2n) is 7.03. The van der Waals surface area contributed by atoms with Crippen molar-refractivity contribution in [2.75, 3.05) is 23.7 Å². The fourth-order valence-corrected chi connectivity index (χ4v) is 2.85. The van der Waals surface area contributed by atoms with Crippen molar-refractivity contribution in [3.63, 3.8) is 0 Å². The Bertz CT molecular complexity index is 1070. The Balaban J connectivity index is 1.68. The van der Waals surface area contributed by atoms with Crippen molar-refractivity contribution in [2.24, 2.45) is 0 Å². The van der Waals surface area contributed by atoms with Gasteiger partial charge >= 0.3 is 6.18 Å². The first-order valence-electron chi connectivity index (χ1n) is 9.80. The second-order valence-corrected chi connectivity index (χ2v) is 7.03. The number of hydrogen-bond donors (Lipinski definition) is 3. The van der Waals surface area contributed by atoms with E-state index in [0.717, 1.165) is 35.4 Å². The molecular weight excluding hydrogens is 423 g/mol. The molecule has 3 aromatic rings. The van der Waals surface area contributed by atoms with Crippen molar-refractivity contribution in [2.45, 2.75) is 26.4 Å². The summed E-state index contributed by atoms with van der Waals surface area (Å²) < 4.78 is 38.6. The molecule has 32 heavy (non-hydrogen) atoms. The number of hydrogen-bond acceptors (Lipinski definition) is 7. The highest BCUT2D eigenvalue weighted by Gasteiger charge is 2.32. The minimum atomic E-state index is -4.55. The first-order valence-corrected chi connectivity index (χ1v) is 9.80. The number of nitrogens with zero attached hydrogens (tertiary/aromatic N) is 4. The third-order valence-electron chi connectivity index (χ3n) is 4.28. The third kappa shape index (κ3) is 6.62. The summed E-state index contributed by atoms with van der Waals surface area (Å²) in [6, 6.07) is 6.27. The van der Waals surface area contributed by atoms with Gasteiger partial charge in [-0.25, -0.2) is 19.9 Å². The zero-order chi connectivity index (χ0) is 23.1. The molecule has 2 aromatic heterocycles. The molecule has 3 rings (SSSR count). The van der Waals surface area contributed by atoms with E-state index in [-0.39, 0.29) is 11.9 Å². The Morgan fingerprint density at radius 1 is 1.00 bits per heavy atom. The van der Waals surface area contributed by atoms with Crippen molar-refractivity contribution in [3.05, 3.63) is 54.1 Å². The van der Waals surface area contributed by atoms with Gasteiger partial charge in [0.25, 0.3) is 0 Å². The lowest BCUT2D eigenvalue weighted by Crippen LogP contribution is -2.22. The van der Waals surface area contributed by atoms with Gasteiger partial charge in [0.1, 0.15) is 5.69 Å². The molecule has 0 aliphatic carbocycles. The summed E-state index contributed by atoms with van der Waals surface area (Å²) in [4.78, 5) is 26.8. The lowest BCUT2D eigenvalue weighted by atomic mass is 10.1. The van der Waals surface area contributed by atoms with E-state index in [2.05, 4.69) is 35.9 Å². The zero-order valence-electron chi connectivity index (χ0n) is 17.5. The van der Waals surface area contributed by atoms with Crippen LogP contribution in [0.5, 0.6) is 0 Å². The van der Waals surface area contributed by atoms with Gasteiger partial charge < -0.3 is 16.0 Å². The summed E-state index contributed by atoms with van der Waals surface area (Å²) in [5, 5.41) is 8.61. The molecule has 0 aliphatic rings. The van der Waals surface area contributed by atoms with Crippen molar-refractivity contribution in [3.8, 4) is 11.1 Å². The molecule has 1 aromatic carbocycles. The highest BCUT2D eigenvalue weighted by Crippen LogP contribution is 2.29. The number of carbonyl (C=O) groups excluding carboxylic acids is 1. The van der Waals surface area contributed by atoms with Gasteiger partial charge in [-0.15, -0.1) is 0 Å². The fourth-order valence-electron chi connectivity index (χ4n) is 2.85. The van der Waals surface area contributed by atoms with Gasteiger partial charge in [-0.05, 0) is 42.7 Å². The largest absolute Gasteiger partial charge is 0.433 e. The average Bonchev–Trinajstić information content (AvgIpc) is 2.73. The molecule has 0 saturated heterocycles. The van der Waals surface area contributed by atoms with Gasteiger partial charge in [0.05, 0.1) is 0 Å². The maximum Gasteiger partial charge on any atom is 0.433 e. The number of rotatable bonds is 8. The summed E-state index contributed by atoms with van der Waals surface area (Å²) in [6.07, 6.45) is 0.555. The number of aryl methyl sites for hydroxylation is 1. The SMILES string of the molecule is CC(=O)NCCCNc1ncc(-c2cc(C)cc(Nc3nccc(C(F)(F)F)n3)c2)cn1. The van der Waals surface area contributed by atoms with Gasteiger partial charge in [0.2, 0.25) is 17.8 Å². The van der Waals surface area contributed by atoms with Gasteiger partial charge in [-0.2, -0.15) is 13.2 Å². The third-order valence-corrected chi connectivity index (χ3v) is 4.28. The van der Waals surface area contributed by atoms with Crippen molar-refractivity contribution >= 4 is 23.5 Å². The standard InChI is InChI=1S/C21H22F3N7O/c1-13-8-15(16-11-28-19(29-12-16)26-6-3-5-25-14(2)32)10-17(9-13)30-20-27-7-4-18(31-20)21(22,23)24/h4,7-12H,3,5-6H2,1-2H3,(H,25,32)(H,26,28,29)(H,27,30,31). The van der Waals surface area contributed by atoms with E-state index in [9.17, 15) is 18.0 Å². The van der Waals surface area contributed by atoms with Crippen LogP contribution in [-0.2, 0) is 11.0 Å². The van der Waals surface area contributed by atoms with Crippen LogP contribution >= 0.6 is 0 Å². The number of amides is 1. The number of nitrogens with one attached hydrogen (secondary N) is 3. The molecule has 8 nitrogen and oxygen atoms in total. The number of alkyl halides is 3. The molecule has 0 bridgehead atoms. The molecule has 0 fully saturated rings. The number of aromatic nitrogens is 4. The predicted molar refractivity (Wildman–Crippen MR) is 114 cm³/mol. The van der Waals surface area contributed by atoms with E-state index in [0.29, 0.717) is 24.7 Å². The maximum atomic E-state index is 12.9. The van der Waals surface area contributed by atoms with Crippen molar-refractivity contribution < 1.29 is 18.0 Å². The predicted octanol–water partition coefficient (Wildman–Crippen LogP) is 3.94. The van der Waals surface area contributed by atoms with Crippen LogP contribution in [0.1, 0.15) is 24.6 Å². The minimum absolute atomic E-state index is 0.0720. The van der Waals surface area contributed by atoms with Crippen LogP contribution in [0.25, 0.3) is 11.1 Å². The molecule has 2 heterocycles. The van der Waals surface area contributed by atoms with E-state index in [1.807, 2.05) is 13.0 Å². The maximum absolute atomic E-state index is 12.9. The van der Waals surface area contributed by atoms with Crippen LogP contribution < -0.4 is 16.0 Å². The molecule has 0 spiro atoms. The summed E-state index contributed by atoms with van der Waals surface area (Å²) in [7, 11) is 0. The number of anilines is 3. The Kier molecular flexibility index (Phi) is 7.18. The average molecular weight is 445 g/mol. The first kappa shape index (κ1) is 22.9. The van der Waals surface area contributed by atoms with Crippen LogP contribution in [0.3, 0.4) is 0 Å². The van der Waals surface area contributed by atoms with Crippen LogP contribution in [-0.4, -0.2) is 38.9 Å². The molecule has 0 atom stereocenters. The Morgan fingerprint density at radius 3 is 2.44 bits per heavy atom. The van der Waals surface area contributed by atoms with Gasteiger partial charge in [-0.3, -0.25) is 4.79 Å². The summed E-state index contributed by atoms with van der Waals surface area (Å²) >= 11 is 0. The molecular formula is C21H22F3N7O. The van der Waals surface area contributed by atoms with E-state index in [1.54, 1.807) is 24.5 Å². The molecule has 11 heteroatoms. The van der Waals surface area contributed by atoms with Crippen LogP contribution in [0.15, 0.2) is 42.9 Å². The number of benzene rings is 1. The summed E-state index contributed by atoms with van der Waals surface area (Å²) in [5.74, 6) is 0.239. The minimum Gasteiger partial charge on any atom is -0.356 e. The van der Waals surface area contributed by atoms with Crippen LogP contribution in [0.2, 0.25) is 0 Å². The number of halogens is 3. The summed E-state index contributed by atoms with van der Waals surface area (Å²) in [6.45, 7) is 4.51. The van der Waals surface area contributed by atoms with E-state index < -0.39 is 11.9 Å². The van der Waals surface area contributed by atoms with Crippen LogP contribution in [0.4, 0.5) is 30.8 Å². The molecule has 0 saturated carbocycles. The number of carbonyl (C=O) groups is 1. The Morgan fingerprint density at radius 2 is 1.75 bits per heavy atom. The Hall–Kier alpha value is -3.76. The van der Waals surface area contributed by atoms with Gasteiger partial charge in [-0.1, -0.05) is 6.07 Å². The fraction of sp³-hybridized carbons (Fsp3) is 0.286. The quantitative estimate of drug-likeness (QED) is 0.451. The highest BCUT2D eigenvalue weighted by atomic mass is 19.4. The molecule has 0 radical (unpaired) electrons. The highest BCUT2D eigenvalue weighted by molar-refractivity contribution is 5.72. The molecule has 0 aliphatic heterocycles. The molecule has 168 valence electrons. The molecule has 1 amide bonds. The Labute approximate surface area is 182 Å². The van der Waals surface area contributed by atoms with E-state index >= 15 is 0 Å². The van der Waals surface area contributed by atoms with Gasteiger partial charge in [0, 0.05) is 49.9 Å². The normalized spacial score (nSPS) is 11.2. The molecule has 3 N–H and O–H groups in total. The summed E-state index contributed by atoms with van der Waals surface area (Å²) in [5.41, 5.74) is 1.94. The van der Waals surface area contributed by atoms with Gasteiger partial charge in [0.15, 0.2) is 0 Å². The lowest BCUT2D eigenvalue weighted by Gasteiger charge is -2.11. The first-order chi connectivity index (χ1) is 15.2. The zero-order valence-corrected chi connectivity index (χ0v) is 17.5. The smallest absolute Gasteiger partial charge is 0.356 e. The van der Waals surface area contributed by atoms with Crippen LogP contribution in [0, 0.1) is 6.92 Å². The van der Waals surface area contributed by atoms with Crippen molar-refractivity contribution in [1.29, 1.82) is 0 Å². The van der Waals surface area contributed by atoms with E-state index in [1.165, 1.54) is 6.92 Å².